The van der Waals surface area contributed by atoms with E-state index < -0.39 is 12.0 Å². The first-order valence-corrected chi connectivity index (χ1v) is 13.1. The van der Waals surface area contributed by atoms with Crippen LogP contribution in [0.3, 0.4) is 0 Å². The Labute approximate surface area is 224 Å². The van der Waals surface area contributed by atoms with E-state index in [1.807, 2.05) is 73.3 Å². The predicted molar refractivity (Wildman–Crippen MR) is 144 cm³/mol. The molecule has 2 unspecified atom stereocenters. The van der Waals surface area contributed by atoms with Gasteiger partial charge in [0, 0.05) is 50.0 Å². The van der Waals surface area contributed by atoms with Crippen molar-refractivity contribution in [2.45, 2.75) is 32.9 Å². The van der Waals surface area contributed by atoms with Gasteiger partial charge in [0.1, 0.15) is 5.75 Å². The molecule has 9 nitrogen and oxygen atoms in total. The second-order valence-corrected chi connectivity index (χ2v) is 9.43. The molecule has 0 bridgehead atoms. The number of carbonyl (C=O) groups excluding carboxylic acids is 3. The third kappa shape index (κ3) is 5.67. The Morgan fingerprint density at radius 2 is 1.82 bits per heavy atom. The maximum absolute atomic E-state index is 13.4. The monoisotopic (exact) mass is 520 g/mol. The van der Waals surface area contributed by atoms with Gasteiger partial charge in [0.15, 0.2) is 0 Å². The first kappa shape index (κ1) is 27.2. The molecule has 1 fully saturated rings. The first-order chi connectivity index (χ1) is 18.4. The van der Waals surface area contributed by atoms with Crippen LogP contribution in [-0.4, -0.2) is 85.1 Å². The molecule has 9 heteroatoms. The maximum Gasteiger partial charge on any atom is 0.338 e. The molecule has 3 amide bonds. The normalized spacial score (nSPS) is 20.3. The Morgan fingerprint density at radius 3 is 2.47 bits per heavy atom. The fourth-order valence-electron chi connectivity index (χ4n) is 5.17. The van der Waals surface area contributed by atoms with Gasteiger partial charge in [-0.05, 0) is 50.6 Å². The zero-order valence-electron chi connectivity index (χ0n) is 22.5. The molecule has 2 aromatic rings. The Balaban J connectivity index is 1.64. The van der Waals surface area contributed by atoms with Crippen molar-refractivity contribution < 1.29 is 23.9 Å². The summed E-state index contributed by atoms with van der Waals surface area (Å²) in [7, 11) is 1.58. The topological polar surface area (TPSA) is 91.4 Å². The van der Waals surface area contributed by atoms with E-state index in [1.165, 1.54) is 0 Å². The highest BCUT2D eigenvalue weighted by Gasteiger charge is 2.39. The largest absolute Gasteiger partial charge is 0.497 e. The summed E-state index contributed by atoms with van der Waals surface area (Å²) >= 11 is 0. The highest BCUT2D eigenvalue weighted by Crippen LogP contribution is 2.33. The van der Waals surface area contributed by atoms with Crippen LogP contribution >= 0.6 is 0 Å². The average molecular weight is 521 g/mol. The van der Waals surface area contributed by atoms with Gasteiger partial charge in [-0.2, -0.15) is 0 Å². The van der Waals surface area contributed by atoms with Crippen molar-refractivity contribution >= 4 is 17.9 Å². The third-order valence-corrected chi connectivity index (χ3v) is 7.04. The highest BCUT2D eigenvalue weighted by atomic mass is 16.5. The van der Waals surface area contributed by atoms with E-state index >= 15 is 0 Å². The molecule has 2 aliphatic heterocycles. The van der Waals surface area contributed by atoms with Crippen LogP contribution in [0.1, 0.15) is 42.7 Å². The van der Waals surface area contributed by atoms with Crippen molar-refractivity contribution in [2.75, 3.05) is 46.4 Å². The number of piperazine rings is 1. The van der Waals surface area contributed by atoms with Gasteiger partial charge in [-0.15, -0.1) is 0 Å². The molecule has 38 heavy (non-hydrogen) atoms. The SMILES string of the molecule is CCOC(=O)C1=C(CN2CCN(C(=O)c3ccccc3)C(C)C2)N(CC)C(=O)NC1c1cccc(OC)c1. The Morgan fingerprint density at radius 1 is 1.05 bits per heavy atom. The molecule has 202 valence electrons. The summed E-state index contributed by atoms with van der Waals surface area (Å²) in [5.74, 6) is 0.182. The van der Waals surface area contributed by atoms with Gasteiger partial charge in [0.05, 0.1) is 25.3 Å². The second-order valence-electron chi connectivity index (χ2n) is 9.43. The van der Waals surface area contributed by atoms with Crippen LogP contribution in [0.2, 0.25) is 0 Å². The number of likely N-dealkylation sites (N-methyl/N-ethyl adjacent to an activating group) is 1. The number of nitrogens with zero attached hydrogens (tertiary/aromatic N) is 3. The third-order valence-electron chi connectivity index (χ3n) is 7.04. The first-order valence-electron chi connectivity index (χ1n) is 13.1. The van der Waals surface area contributed by atoms with Gasteiger partial charge in [-0.3, -0.25) is 14.6 Å². The average Bonchev–Trinajstić information content (AvgIpc) is 2.93. The molecule has 0 aliphatic carbocycles. The molecule has 4 rings (SSSR count). The molecular formula is C29H36N4O5. The minimum atomic E-state index is -0.673. The number of benzene rings is 2. The van der Waals surface area contributed by atoms with Gasteiger partial charge in [0.2, 0.25) is 0 Å². The number of rotatable bonds is 8. The van der Waals surface area contributed by atoms with Crippen molar-refractivity contribution in [2.24, 2.45) is 0 Å². The number of methoxy groups -OCH3 is 1. The fraction of sp³-hybridized carbons (Fsp3) is 0.414. The predicted octanol–water partition coefficient (Wildman–Crippen LogP) is 3.45. The number of nitrogens with one attached hydrogen (secondary N) is 1. The number of urea groups is 1. The molecule has 2 atom stereocenters. The summed E-state index contributed by atoms with van der Waals surface area (Å²) in [6, 6.07) is 15.6. The van der Waals surface area contributed by atoms with E-state index in [2.05, 4.69) is 10.2 Å². The van der Waals surface area contributed by atoms with Crippen LogP contribution in [0.4, 0.5) is 4.79 Å². The fourth-order valence-corrected chi connectivity index (χ4v) is 5.17. The molecule has 0 radical (unpaired) electrons. The summed E-state index contributed by atoms with van der Waals surface area (Å²) < 4.78 is 10.9. The van der Waals surface area contributed by atoms with Crippen molar-refractivity contribution in [3.63, 3.8) is 0 Å². The Hall–Kier alpha value is -3.85. The zero-order valence-corrected chi connectivity index (χ0v) is 22.5. The molecular weight excluding hydrogens is 484 g/mol. The van der Waals surface area contributed by atoms with E-state index in [4.69, 9.17) is 9.47 Å². The molecule has 2 aromatic carbocycles. The Bertz CT molecular complexity index is 1200. The van der Waals surface area contributed by atoms with Crippen LogP contribution in [0.15, 0.2) is 65.9 Å². The van der Waals surface area contributed by atoms with Gasteiger partial charge in [0.25, 0.3) is 5.91 Å². The summed E-state index contributed by atoms with van der Waals surface area (Å²) in [5.41, 5.74) is 2.44. The lowest BCUT2D eigenvalue weighted by Crippen LogP contribution is -2.56. The Kier molecular flexibility index (Phi) is 8.68. The van der Waals surface area contributed by atoms with Crippen LogP contribution in [0.25, 0.3) is 0 Å². The van der Waals surface area contributed by atoms with Gasteiger partial charge >= 0.3 is 12.0 Å². The lowest BCUT2D eigenvalue weighted by Gasteiger charge is -2.43. The summed E-state index contributed by atoms with van der Waals surface area (Å²) in [4.78, 5) is 45.4. The maximum atomic E-state index is 13.4. The summed E-state index contributed by atoms with van der Waals surface area (Å²) in [5, 5.41) is 2.99. The number of hydrogen-bond acceptors (Lipinski definition) is 6. The van der Waals surface area contributed by atoms with Gasteiger partial charge in [-0.25, -0.2) is 9.59 Å². The number of amides is 3. The van der Waals surface area contributed by atoms with Crippen LogP contribution in [0, 0.1) is 0 Å². The molecule has 2 aliphatic rings. The number of carbonyl (C=O) groups is 3. The summed E-state index contributed by atoms with van der Waals surface area (Å²) in [6.07, 6.45) is 0. The minimum absolute atomic E-state index is 0.00879. The van der Waals surface area contributed by atoms with E-state index in [9.17, 15) is 14.4 Å². The summed E-state index contributed by atoms with van der Waals surface area (Å²) in [6.45, 7) is 8.46. The van der Waals surface area contributed by atoms with Gasteiger partial charge < -0.3 is 19.7 Å². The number of ether oxygens (including phenoxy) is 2. The van der Waals surface area contributed by atoms with Crippen LogP contribution in [0.5, 0.6) is 5.75 Å². The van der Waals surface area contributed by atoms with E-state index in [0.29, 0.717) is 55.3 Å². The standard InChI is InChI=1S/C29H36N4O5/c1-5-32-24(19-31-15-16-33(20(3)18-31)27(34)21-11-8-7-9-12-21)25(28(35)38-6-2)26(30-29(32)36)22-13-10-14-23(17-22)37-4/h7-14,17,20,26H,5-6,15-16,18-19H2,1-4H3,(H,30,36). The zero-order chi connectivity index (χ0) is 27.2. The molecule has 1 saturated heterocycles. The van der Waals surface area contributed by atoms with Gasteiger partial charge in [-0.1, -0.05) is 30.3 Å². The van der Waals surface area contributed by atoms with E-state index in [1.54, 1.807) is 18.9 Å². The quantitative estimate of drug-likeness (QED) is 0.537. The highest BCUT2D eigenvalue weighted by molar-refractivity contribution is 5.95. The smallest absolute Gasteiger partial charge is 0.338 e. The van der Waals surface area contributed by atoms with Crippen molar-refractivity contribution in [3.8, 4) is 5.75 Å². The molecule has 2 heterocycles. The van der Waals surface area contributed by atoms with Crippen LogP contribution in [-0.2, 0) is 9.53 Å². The number of esters is 1. The van der Waals surface area contributed by atoms with Crippen LogP contribution < -0.4 is 10.1 Å². The molecule has 0 saturated carbocycles. The van der Waals surface area contributed by atoms with Crippen molar-refractivity contribution in [3.05, 3.63) is 77.0 Å². The number of hydrogen-bond donors (Lipinski definition) is 1. The van der Waals surface area contributed by atoms with E-state index in [0.717, 1.165) is 5.56 Å². The molecule has 1 N–H and O–H groups in total. The minimum Gasteiger partial charge on any atom is -0.497 e. The van der Waals surface area contributed by atoms with Crippen molar-refractivity contribution in [1.82, 2.24) is 20.0 Å². The second kappa shape index (κ2) is 12.1. The molecule has 0 aromatic heterocycles. The van der Waals surface area contributed by atoms with Crippen molar-refractivity contribution in [1.29, 1.82) is 0 Å². The molecule has 0 spiro atoms. The lowest BCUT2D eigenvalue weighted by atomic mass is 9.93. The lowest BCUT2D eigenvalue weighted by molar-refractivity contribution is -0.139. The van der Waals surface area contributed by atoms with E-state index in [-0.39, 0.29) is 24.6 Å².